The van der Waals surface area contributed by atoms with Crippen LogP contribution in [0.4, 0.5) is 0 Å². The zero-order valence-electron chi connectivity index (χ0n) is 22.8. The number of carbonyl (C=O) groups is 2. The third-order valence-corrected chi connectivity index (χ3v) is 6.66. The maximum absolute atomic E-state index is 11.0. The quantitative estimate of drug-likeness (QED) is 0.0698. The van der Waals surface area contributed by atoms with Crippen LogP contribution in [0.3, 0.4) is 0 Å². The maximum Gasteiger partial charge on any atom is 0.323 e. The van der Waals surface area contributed by atoms with Crippen molar-refractivity contribution in [2.24, 2.45) is 0 Å². The molecule has 10 nitrogen and oxygen atoms in total. The minimum atomic E-state index is -1.01. The molecule has 0 aliphatic rings. The van der Waals surface area contributed by atoms with Gasteiger partial charge in [0.2, 0.25) is 0 Å². The minimum absolute atomic E-state index is 0.434. The molecule has 0 aliphatic heterocycles. The highest BCUT2D eigenvalue weighted by molar-refractivity contribution is 5.73. The molecule has 0 bridgehead atoms. The zero-order chi connectivity index (χ0) is 27.0. The van der Waals surface area contributed by atoms with Crippen molar-refractivity contribution in [3.05, 3.63) is 0 Å². The van der Waals surface area contributed by atoms with E-state index in [4.69, 9.17) is 20.6 Å². The summed E-state index contributed by atoms with van der Waals surface area (Å²) in [6.45, 7) is 10.6. The molecule has 0 saturated heterocycles. The fourth-order valence-electron chi connectivity index (χ4n) is 4.42. The van der Waals surface area contributed by atoms with Crippen LogP contribution in [0.5, 0.6) is 0 Å². The lowest BCUT2D eigenvalue weighted by Crippen LogP contribution is -2.34. The molecule has 36 heavy (non-hydrogen) atoms. The third kappa shape index (κ3) is 18.9. The number of hydrogen-bond donors (Lipinski definition) is 6. The largest absolute Gasteiger partial charge is 0.480 e. The summed E-state index contributed by atoms with van der Waals surface area (Å²) in [6.07, 6.45) is 13.8. The molecule has 0 aromatic heterocycles. The number of carboxylic acid groups (broad SMARTS) is 2. The molecule has 0 aliphatic carbocycles. The first kappa shape index (κ1) is 34.7. The summed E-state index contributed by atoms with van der Waals surface area (Å²) >= 11 is 0. The van der Waals surface area contributed by atoms with Crippen molar-refractivity contribution in [1.29, 1.82) is 0 Å². The Bertz CT molecular complexity index is 541. The van der Waals surface area contributed by atoms with Crippen molar-refractivity contribution in [3.63, 3.8) is 0 Å². The smallest absolute Gasteiger partial charge is 0.323 e. The van der Waals surface area contributed by atoms with Crippen LogP contribution >= 0.6 is 0 Å². The van der Waals surface area contributed by atoms with E-state index in [1.54, 1.807) is 0 Å². The van der Waals surface area contributed by atoms with Gasteiger partial charge in [0, 0.05) is 0 Å². The molecule has 2 atom stereocenters. The van der Waals surface area contributed by atoms with Crippen molar-refractivity contribution in [2.75, 3.05) is 39.3 Å². The Labute approximate surface area is 218 Å². The molecule has 0 spiro atoms. The molecule has 10 heteroatoms. The first-order valence-electron chi connectivity index (χ1n) is 14.1. The second-order valence-corrected chi connectivity index (χ2v) is 9.84. The normalized spacial score (nSPS) is 13.4. The van der Waals surface area contributed by atoms with Crippen molar-refractivity contribution >= 4 is 11.9 Å². The van der Waals surface area contributed by atoms with Crippen molar-refractivity contribution in [3.8, 4) is 0 Å². The van der Waals surface area contributed by atoms with Crippen LogP contribution in [-0.2, 0) is 9.59 Å². The van der Waals surface area contributed by atoms with Gasteiger partial charge in [0.05, 0.1) is 0 Å². The lowest BCUT2D eigenvalue weighted by atomic mass is 10.1. The molecule has 0 aromatic carbocycles. The first-order valence-corrected chi connectivity index (χ1v) is 14.1. The predicted octanol–water partition coefficient (Wildman–Crippen LogP) is 3.96. The van der Waals surface area contributed by atoms with Gasteiger partial charge < -0.3 is 30.4 Å². The Hall–Kier alpha value is -1.30. The highest BCUT2D eigenvalue weighted by Gasteiger charge is 2.16. The standard InChI is InChI=1S/C26H54N4O6/c1-3-5-18-30(22-14-10-16-24(28-36)26(33)34)20-12-8-6-7-11-19-29(17-4-2)21-13-9-15-23(27-35)25(31)32/h23-24,27-28,35-36H,3-22H2,1-2H3,(H,31,32)(H,33,34)/t23-,24-/m0/s1. The number of nitrogens with zero attached hydrogens (tertiary/aromatic N) is 2. The molecule has 6 N–H and O–H groups in total. The summed E-state index contributed by atoms with van der Waals surface area (Å²) < 4.78 is 0. The number of carboxylic acids is 2. The van der Waals surface area contributed by atoms with Crippen LogP contribution in [0.2, 0.25) is 0 Å². The van der Waals surface area contributed by atoms with Gasteiger partial charge in [-0.3, -0.25) is 9.59 Å². The second-order valence-electron chi connectivity index (χ2n) is 9.84. The number of rotatable bonds is 27. The summed E-state index contributed by atoms with van der Waals surface area (Å²) in [4.78, 5) is 26.9. The van der Waals surface area contributed by atoms with E-state index >= 15 is 0 Å². The fourth-order valence-corrected chi connectivity index (χ4v) is 4.42. The molecule has 0 radical (unpaired) electrons. The highest BCUT2D eigenvalue weighted by Crippen LogP contribution is 2.10. The molecule has 0 saturated carbocycles. The van der Waals surface area contributed by atoms with E-state index in [1.807, 2.05) is 11.0 Å². The highest BCUT2D eigenvalue weighted by atomic mass is 16.5. The number of nitrogens with one attached hydrogen (secondary N) is 2. The molecular formula is C26H54N4O6. The topological polar surface area (TPSA) is 146 Å². The van der Waals surface area contributed by atoms with Gasteiger partial charge in [0.25, 0.3) is 0 Å². The molecule has 0 fully saturated rings. The van der Waals surface area contributed by atoms with E-state index in [-0.39, 0.29) is 0 Å². The zero-order valence-corrected chi connectivity index (χ0v) is 22.8. The van der Waals surface area contributed by atoms with Gasteiger partial charge in [-0.05, 0) is 103 Å². The van der Waals surface area contributed by atoms with Gasteiger partial charge in [-0.15, -0.1) is 0 Å². The summed E-state index contributed by atoms with van der Waals surface area (Å²) in [6, 6.07) is -1.76. The molecular weight excluding hydrogens is 464 g/mol. The Morgan fingerprint density at radius 1 is 0.556 bits per heavy atom. The van der Waals surface area contributed by atoms with E-state index in [0.717, 1.165) is 71.4 Å². The molecule has 214 valence electrons. The third-order valence-electron chi connectivity index (χ3n) is 6.66. The van der Waals surface area contributed by atoms with E-state index in [9.17, 15) is 9.59 Å². The van der Waals surface area contributed by atoms with Crippen LogP contribution in [-0.4, -0.2) is 93.7 Å². The maximum atomic E-state index is 11.0. The summed E-state index contributed by atoms with van der Waals surface area (Å²) in [7, 11) is 0. The predicted molar refractivity (Wildman–Crippen MR) is 142 cm³/mol. The fraction of sp³-hybridized carbons (Fsp3) is 0.923. The van der Waals surface area contributed by atoms with Crippen LogP contribution < -0.4 is 11.0 Å². The van der Waals surface area contributed by atoms with Gasteiger partial charge in [-0.25, -0.2) is 0 Å². The van der Waals surface area contributed by atoms with Gasteiger partial charge >= 0.3 is 11.9 Å². The first-order chi connectivity index (χ1) is 17.4. The average molecular weight is 519 g/mol. The number of hydroxylamine groups is 2. The van der Waals surface area contributed by atoms with Crippen molar-refractivity contribution < 1.29 is 30.2 Å². The number of hydrogen-bond acceptors (Lipinski definition) is 8. The molecule has 0 amide bonds. The van der Waals surface area contributed by atoms with Crippen LogP contribution in [0, 0.1) is 0 Å². The van der Waals surface area contributed by atoms with E-state index in [0.29, 0.717) is 12.8 Å². The number of unbranched alkanes of at least 4 members (excludes halogenated alkanes) is 7. The van der Waals surface area contributed by atoms with Crippen molar-refractivity contribution in [2.45, 2.75) is 116 Å². The average Bonchev–Trinajstić information content (AvgIpc) is 2.85. The van der Waals surface area contributed by atoms with E-state index in [1.165, 1.54) is 44.9 Å². The van der Waals surface area contributed by atoms with Crippen molar-refractivity contribution in [1.82, 2.24) is 20.8 Å². The Morgan fingerprint density at radius 2 is 0.917 bits per heavy atom. The van der Waals surface area contributed by atoms with Crippen LogP contribution in [0.15, 0.2) is 0 Å². The van der Waals surface area contributed by atoms with Gasteiger partial charge in [0.1, 0.15) is 12.1 Å². The summed E-state index contributed by atoms with van der Waals surface area (Å²) in [5.41, 5.74) is 3.74. The van der Waals surface area contributed by atoms with Gasteiger partial charge in [-0.1, -0.05) is 39.5 Å². The van der Waals surface area contributed by atoms with Gasteiger partial charge in [0.15, 0.2) is 0 Å². The summed E-state index contributed by atoms with van der Waals surface area (Å²) in [5, 5.41) is 35.7. The lowest BCUT2D eigenvalue weighted by Gasteiger charge is -2.23. The van der Waals surface area contributed by atoms with E-state index < -0.39 is 24.0 Å². The number of aliphatic carboxylic acids is 2. The Morgan fingerprint density at radius 3 is 1.28 bits per heavy atom. The Kier molecular flexibility index (Phi) is 23.2. The molecule has 0 rings (SSSR count). The molecule has 0 unspecified atom stereocenters. The Balaban J connectivity index is 4.03. The summed E-state index contributed by atoms with van der Waals surface area (Å²) in [5.74, 6) is -2.02. The van der Waals surface area contributed by atoms with Crippen LogP contribution in [0.1, 0.15) is 104 Å². The minimum Gasteiger partial charge on any atom is -0.480 e. The van der Waals surface area contributed by atoms with Gasteiger partial charge in [-0.2, -0.15) is 11.0 Å². The lowest BCUT2D eigenvalue weighted by molar-refractivity contribution is -0.143. The monoisotopic (exact) mass is 518 g/mol. The second kappa shape index (κ2) is 24.1. The molecule has 0 heterocycles. The molecule has 0 aromatic rings. The SMILES string of the molecule is CCCCN(CCCCCCCN(CCC)CCCC[C@H](NO)C(=O)O)CCCC[C@H](NO)C(=O)O. The van der Waals surface area contributed by atoms with Crippen LogP contribution in [0.25, 0.3) is 0 Å². The van der Waals surface area contributed by atoms with E-state index in [2.05, 4.69) is 23.6 Å².